The lowest BCUT2D eigenvalue weighted by Gasteiger charge is -2.34. The van der Waals surface area contributed by atoms with E-state index in [0.717, 1.165) is 0 Å². The number of hydrogen-bond acceptors (Lipinski definition) is 3. The molecule has 3 nitrogen and oxygen atoms in total. The van der Waals surface area contributed by atoms with Gasteiger partial charge in [0, 0.05) is 0 Å². The minimum atomic E-state index is -2.49. The summed E-state index contributed by atoms with van der Waals surface area (Å²) in [6, 6.07) is 0. The van der Waals surface area contributed by atoms with Crippen LogP contribution in [0.3, 0.4) is 0 Å². The Kier molecular flexibility index (Phi) is 8.37. The molecular formula is C8H16Cl6O3Si2. The van der Waals surface area contributed by atoms with E-state index in [1.54, 1.807) is 0 Å². The molecule has 0 saturated carbocycles. The number of rotatable bonds is 6. The molecule has 0 atom stereocenters. The second-order valence-corrected chi connectivity index (χ2v) is 16.7. The third-order valence-corrected chi connectivity index (χ3v) is 7.92. The summed E-state index contributed by atoms with van der Waals surface area (Å²) in [5.41, 5.74) is 0. The Labute approximate surface area is 146 Å². The topological polar surface area (TPSA) is 27.7 Å². The average molecular weight is 429 g/mol. The first-order valence-electron chi connectivity index (χ1n) is 5.23. The highest BCUT2D eigenvalue weighted by Crippen LogP contribution is 2.30. The van der Waals surface area contributed by atoms with Crippen molar-refractivity contribution in [1.29, 1.82) is 0 Å². The monoisotopic (exact) mass is 426 g/mol. The summed E-state index contributed by atoms with van der Waals surface area (Å²) in [6.07, 6.45) is 0. The largest absolute Gasteiger partial charge is 0.415 e. The maximum Gasteiger partial charge on any atom is 0.323 e. The van der Waals surface area contributed by atoms with Crippen molar-refractivity contribution < 1.29 is 13.0 Å². The molecule has 0 amide bonds. The predicted octanol–water partition coefficient (Wildman–Crippen LogP) is 5.18. The molecule has 0 bridgehead atoms. The quantitative estimate of drug-likeness (QED) is 0.431. The van der Waals surface area contributed by atoms with E-state index >= 15 is 0 Å². The van der Waals surface area contributed by atoms with Gasteiger partial charge in [-0.1, -0.05) is 69.6 Å². The van der Waals surface area contributed by atoms with Gasteiger partial charge in [0.1, 0.15) is 0 Å². The predicted molar refractivity (Wildman–Crippen MR) is 88.5 cm³/mol. The van der Waals surface area contributed by atoms with Gasteiger partial charge in [-0.25, -0.2) is 0 Å². The molecule has 0 rings (SSSR count). The van der Waals surface area contributed by atoms with Crippen LogP contribution in [0.2, 0.25) is 26.2 Å². The fourth-order valence-electron chi connectivity index (χ4n) is 1.16. The van der Waals surface area contributed by atoms with E-state index in [9.17, 15) is 0 Å². The van der Waals surface area contributed by atoms with Crippen molar-refractivity contribution in [2.45, 2.75) is 33.8 Å². The minimum absolute atomic E-state index is 0.0498. The fraction of sp³-hybridized carbons (Fsp3) is 1.00. The van der Waals surface area contributed by atoms with E-state index in [2.05, 4.69) is 0 Å². The van der Waals surface area contributed by atoms with Crippen molar-refractivity contribution in [2.24, 2.45) is 0 Å². The van der Waals surface area contributed by atoms with Gasteiger partial charge in [0.25, 0.3) is 0 Å². The maximum absolute atomic E-state index is 5.90. The van der Waals surface area contributed by atoms with E-state index in [-0.39, 0.29) is 13.2 Å². The van der Waals surface area contributed by atoms with E-state index in [1.165, 1.54) is 0 Å². The molecule has 0 unspecified atom stereocenters. The van der Waals surface area contributed by atoms with Crippen molar-refractivity contribution in [3.63, 3.8) is 0 Å². The van der Waals surface area contributed by atoms with Crippen LogP contribution >= 0.6 is 69.6 Å². The van der Waals surface area contributed by atoms with Gasteiger partial charge in [0.2, 0.25) is 7.59 Å². The van der Waals surface area contributed by atoms with Gasteiger partial charge in [-0.15, -0.1) is 0 Å². The van der Waals surface area contributed by atoms with Gasteiger partial charge in [-0.2, -0.15) is 0 Å². The number of halogens is 6. The van der Waals surface area contributed by atoms with E-state index in [1.807, 2.05) is 26.2 Å². The normalized spacial score (nSPS) is 14.8. The third-order valence-electron chi connectivity index (χ3n) is 1.66. The molecule has 11 heteroatoms. The molecule has 0 radical (unpaired) electrons. The second kappa shape index (κ2) is 7.55. The van der Waals surface area contributed by atoms with Crippen LogP contribution in [0, 0.1) is 0 Å². The van der Waals surface area contributed by atoms with Crippen LogP contribution in [0.15, 0.2) is 0 Å². The van der Waals surface area contributed by atoms with Gasteiger partial charge >= 0.3 is 17.1 Å². The zero-order valence-corrected chi connectivity index (χ0v) is 17.4. The minimum Gasteiger partial charge on any atom is -0.415 e. The zero-order valence-electron chi connectivity index (χ0n) is 10.9. The van der Waals surface area contributed by atoms with Gasteiger partial charge in [-0.05, 0) is 26.2 Å². The summed E-state index contributed by atoms with van der Waals surface area (Å²) in [5.74, 6) is 0. The highest BCUT2D eigenvalue weighted by molar-refractivity contribution is 6.79. The molecule has 0 fully saturated rings. The highest BCUT2D eigenvalue weighted by atomic mass is 35.6. The van der Waals surface area contributed by atoms with Gasteiger partial charge < -0.3 is 13.0 Å². The Morgan fingerprint density at radius 1 is 0.684 bits per heavy atom. The van der Waals surface area contributed by atoms with Gasteiger partial charge in [0.15, 0.2) is 0 Å². The lowest BCUT2D eigenvalue weighted by molar-refractivity contribution is 0.200. The van der Waals surface area contributed by atoms with Crippen LogP contribution < -0.4 is 0 Å². The van der Waals surface area contributed by atoms with Gasteiger partial charge in [-0.3, -0.25) is 0 Å². The van der Waals surface area contributed by atoms with Crippen LogP contribution in [0.5, 0.6) is 0 Å². The summed E-state index contributed by atoms with van der Waals surface area (Å²) < 4.78 is 14.0. The van der Waals surface area contributed by atoms with Crippen LogP contribution in [0.25, 0.3) is 0 Å². The number of alkyl halides is 6. The molecule has 0 aliphatic carbocycles. The molecule has 0 N–H and O–H groups in total. The first-order chi connectivity index (χ1) is 8.12. The lowest BCUT2D eigenvalue weighted by atomic mass is 10.9. The lowest BCUT2D eigenvalue weighted by Crippen LogP contribution is -2.50. The standard InChI is InChI=1S/C8H16Cl6O3Si2/c1-18(2,15-5-7(9,10)11)17-19(3,4)16-6-8(12,13)14/h5-6H2,1-4H3. The van der Waals surface area contributed by atoms with Crippen LogP contribution in [0.4, 0.5) is 0 Å². The first-order valence-corrected chi connectivity index (χ1v) is 13.1. The Hall–Kier alpha value is 2.05. The van der Waals surface area contributed by atoms with E-state index in [4.69, 9.17) is 82.6 Å². The van der Waals surface area contributed by atoms with Gasteiger partial charge in [0.05, 0.1) is 13.2 Å². The van der Waals surface area contributed by atoms with Crippen molar-refractivity contribution in [3.05, 3.63) is 0 Å². The first kappa shape index (κ1) is 21.1. The molecule has 0 saturated heterocycles. The maximum atomic E-state index is 5.90. The molecule has 0 aliphatic heterocycles. The SMILES string of the molecule is C[Si](C)(OCC(Cl)(Cl)Cl)O[Si](C)(C)OCC(Cl)(Cl)Cl. The molecule has 0 aliphatic rings. The molecule has 0 heterocycles. The number of hydrogen-bond donors (Lipinski definition) is 0. The van der Waals surface area contributed by atoms with E-state index < -0.39 is 24.7 Å². The highest BCUT2D eigenvalue weighted by Gasteiger charge is 2.39. The molecule has 0 spiro atoms. The molecule has 116 valence electrons. The molecule has 0 aromatic carbocycles. The summed E-state index contributed by atoms with van der Waals surface area (Å²) in [6.45, 7) is 7.22. The van der Waals surface area contributed by atoms with Crippen molar-refractivity contribution >= 4 is 86.7 Å². The summed E-state index contributed by atoms with van der Waals surface area (Å²) in [7, 11) is -4.98. The Bertz CT molecular complexity index is 261. The van der Waals surface area contributed by atoms with Crippen molar-refractivity contribution in [2.75, 3.05) is 13.2 Å². The van der Waals surface area contributed by atoms with Crippen LogP contribution in [-0.4, -0.2) is 37.9 Å². The third kappa shape index (κ3) is 13.4. The zero-order chi connectivity index (χ0) is 15.5. The Balaban J connectivity index is 4.37. The average Bonchev–Trinajstić information content (AvgIpc) is 2.09. The second-order valence-electron chi connectivity index (χ2n) is 4.71. The summed E-state index contributed by atoms with van der Waals surface area (Å²) in [5, 5.41) is 0. The molecular weight excluding hydrogens is 413 g/mol. The van der Waals surface area contributed by atoms with Crippen molar-refractivity contribution in [3.8, 4) is 0 Å². The van der Waals surface area contributed by atoms with Crippen molar-refractivity contribution in [1.82, 2.24) is 0 Å². The molecule has 0 aromatic heterocycles. The summed E-state index contributed by atoms with van der Waals surface area (Å²) >= 11 is 33.8. The molecule has 0 aromatic rings. The smallest absolute Gasteiger partial charge is 0.323 e. The Morgan fingerprint density at radius 2 is 0.947 bits per heavy atom. The van der Waals surface area contributed by atoms with Crippen LogP contribution in [-0.2, 0) is 13.0 Å². The molecule has 19 heavy (non-hydrogen) atoms. The fourth-order valence-corrected chi connectivity index (χ4v) is 8.37. The van der Waals surface area contributed by atoms with Crippen LogP contribution in [0.1, 0.15) is 0 Å². The van der Waals surface area contributed by atoms with E-state index in [0.29, 0.717) is 0 Å². The Morgan fingerprint density at radius 3 is 1.16 bits per heavy atom. The summed E-state index contributed by atoms with van der Waals surface area (Å²) in [4.78, 5) is 0.